The molecule has 92 valence electrons. The van der Waals surface area contributed by atoms with Crippen LogP contribution in [0.3, 0.4) is 0 Å². The van der Waals surface area contributed by atoms with E-state index < -0.39 is 5.82 Å². The number of nitriles is 2. The van der Waals surface area contributed by atoms with Gasteiger partial charge >= 0.3 is 0 Å². The Morgan fingerprint density at radius 2 is 2.28 bits per heavy atom. The molecule has 0 bridgehead atoms. The van der Waals surface area contributed by atoms with Crippen molar-refractivity contribution in [2.24, 2.45) is 0 Å². The number of hydrogen-bond acceptors (Lipinski definition) is 4. The molecule has 5 heteroatoms. The van der Waals surface area contributed by atoms with Gasteiger partial charge in [0, 0.05) is 26.2 Å². The number of nitrogens with zero attached hydrogens (tertiary/aromatic N) is 3. The van der Waals surface area contributed by atoms with Crippen molar-refractivity contribution >= 4 is 0 Å². The zero-order valence-electron chi connectivity index (χ0n) is 9.86. The van der Waals surface area contributed by atoms with Gasteiger partial charge < -0.3 is 5.32 Å². The molecule has 1 heterocycles. The smallest absolute Gasteiger partial charge is 0.124 e. The van der Waals surface area contributed by atoms with E-state index in [1.54, 1.807) is 6.07 Å². The van der Waals surface area contributed by atoms with Crippen molar-refractivity contribution in [2.75, 3.05) is 19.6 Å². The fourth-order valence-electron chi connectivity index (χ4n) is 2.07. The molecule has 0 saturated carbocycles. The lowest BCUT2D eigenvalue weighted by atomic mass is 10.1. The van der Waals surface area contributed by atoms with Gasteiger partial charge in [-0.3, -0.25) is 4.90 Å². The van der Waals surface area contributed by atoms with E-state index in [0.717, 1.165) is 18.7 Å². The van der Waals surface area contributed by atoms with Gasteiger partial charge in [0.25, 0.3) is 0 Å². The Hall–Kier alpha value is -1.95. The predicted octanol–water partition coefficient (Wildman–Crippen LogP) is 0.995. The summed E-state index contributed by atoms with van der Waals surface area (Å²) < 4.78 is 13.0. The van der Waals surface area contributed by atoms with Crippen LogP contribution in [0.25, 0.3) is 0 Å². The molecule has 0 radical (unpaired) electrons. The van der Waals surface area contributed by atoms with Gasteiger partial charge in [-0.25, -0.2) is 4.39 Å². The SMILES string of the molecule is N#Cc1cc(F)ccc1CN1CCNCC1C#N. The van der Waals surface area contributed by atoms with Crippen LogP contribution in [0.5, 0.6) is 0 Å². The Morgan fingerprint density at radius 3 is 3.00 bits per heavy atom. The quantitative estimate of drug-likeness (QED) is 0.842. The molecule has 1 N–H and O–H groups in total. The lowest BCUT2D eigenvalue weighted by molar-refractivity contribution is 0.189. The van der Waals surface area contributed by atoms with E-state index in [2.05, 4.69) is 11.4 Å². The Morgan fingerprint density at radius 1 is 1.44 bits per heavy atom. The van der Waals surface area contributed by atoms with Crippen LogP contribution >= 0.6 is 0 Å². The largest absolute Gasteiger partial charge is 0.313 e. The number of nitrogens with one attached hydrogen (secondary N) is 1. The standard InChI is InChI=1S/C13H13FN4/c14-12-2-1-10(11(5-12)6-15)9-18-4-3-17-8-13(18)7-16/h1-2,5,13,17H,3-4,8-9H2. The first-order valence-corrected chi connectivity index (χ1v) is 5.77. The second kappa shape index (κ2) is 5.59. The Labute approximate surface area is 105 Å². The highest BCUT2D eigenvalue weighted by molar-refractivity contribution is 5.38. The third-order valence-corrected chi connectivity index (χ3v) is 3.07. The van der Waals surface area contributed by atoms with E-state index >= 15 is 0 Å². The van der Waals surface area contributed by atoms with Crippen molar-refractivity contribution in [1.29, 1.82) is 10.5 Å². The van der Waals surface area contributed by atoms with Crippen molar-refractivity contribution < 1.29 is 4.39 Å². The minimum Gasteiger partial charge on any atom is -0.313 e. The molecule has 0 aliphatic carbocycles. The maximum atomic E-state index is 13.0. The second-order valence-electron chi connectivity index (χ2n) is 4.23. The Kier molecular flexibility index (Phi) is 3.88. The summed E-state index contributed by atoms with van der Waals surface area (Å²) in [6.45, 7) is 2.70. The van der Waals surface area contributed by atoms with E-state index in [-0.39, 0.29) is 6.04 Å². The highest BCUT2D eigenvalue weighted by atomic mass is 19.1. The minimum atomic E-state index is -0.410. The van der Waals surface area contributed by atoms with Crippen LogP contribution in [0.2, 0.25) is 0 Å². The molecule has 1 atom stereocenters. The maximum Gasteiger partial charge on any atom is 0.124 e. The zero-order chi connectivity index (χ0) is 13.0. The Balaban J connectivity index is 2.18. The molecule has 1 unspecified atom stereocenters. The molecule has 18 heavy (non-hydrogen) atoms. The van der Waals surface area contributed by atoms with Crippen LogP contribution in [0.1, 0.15) is 11.1 Å². The van der Waals surface area contributed by atoms with E-state index in [1.807, 2.05) is 11.0 Å². The molecule has 0 aromatic heterocycles. The molecule has 1 aromatic rings. The third kappa shape index (κ3) is 2.65. The first-order valence-electron chi connectivity index (χ1n) is 5.77. The van der Waals surface area contributed by atoms with E-state index in [4.69, 9.17) is 10.5 Å². The van der Waals surface area contributed by atoms with Gasteiger partial charge in [0.15, 0.2) is 0 Å². The summed E-state index contributed by atoms with van der Waals surface area (Å²) in [7, 11) is 0. The Bertz CT molecular complexity index is 515. The fourth-order valence-corrected chi connectivity index (χ4v) is 2.07. The number of benzene rings is 1. The summed E-state index contributed by atoms with van der Waals surface area (Å²) in [6, 6.07) is 8.22. The summed E-state index contributed by atoms with van der Waals surface area (Å²) in [4.78, 5) is 2.00. The fraction of sp³-hybridized carbons (Fsp3) is 0.385. The average molecular weight is 244 g/mol. The normalized spacial score (nSPS) is 20.1. The first kappa shape index (κ1) is 12.5. The van der Waals surface area contributed by atoms with Crippen molar-refractivity contribution in [2.45, 2.75) is 12.6 Å². The van der Waals surface area contributed by atoms with E-state index in [9.17, 15) is 4.39 Å². The monoisotopic (exact) mass is 244 g/mol. The van der Waals surface area contributed by atoms with Crippen molar-refractivity contribution in [1.82, 2.24) is 10.2 Å². The summed E-state index contributed by atoms with van der Waals surface area (Å²) >= 11 is 0. The van der Waals surface area contributed by atoms with Crippen molar-refractivity contribution in [3.63, 3.8) is 0 Å². The molecule has 2 rings (SSSR count). The van der Waals surface area contributed by atoms with Crippen LogP contribution in [0, 0.1) is 28.5 Å². The van der Waals surface area contributed by atoms with Gasteiger partial charge in [0.2, 0.25) is 0 Å². The zero-order valence-corrected chi connectivity index (χ0v) is 9.86. The molecule has 0 amide bonds. The molecule has 1 fully saturated rings. The average Bonchev–Trinajstić information content (AvgIpc) is 2.41. The molecular weight excluding hydrogens is 231 g/mol. The molecule has 1 aromatic carbocycles. The molecule has 0 spiro atoms. The minimum absolute atomic E-state index is 0.199. The summed E-state index contributed by atoms with van der Waals surface area (Å²) in [6.07, 6.45) is 0. The van der Waals surface area contributed by atoms with Gasteiger partial charge in [0.05, 0.1) is 17.7 Å². The molecule has 1 aliphatic rings. The molecule has 4 nitrogen and oxygen atoms in total. The predicted molar refractivity (Wildman–Crippen MR) is 63.8 cm³/mol. The number of halogens is 1. The van der Waals surface area contributed by atoms with Crippen LogP contribution < -0.4 is 5.32 Å². The lowest BCUT2D eigenvalue weighted by Crippen LogP contribution is -2.50. The third-order valence-electron chi connectivity index (χ3n) is 3.07. The van der Waals surface area contributed by atoms with Gasteiger partial charge in [-0.1, -0.05) is 6.07 Å². The van der Waals surface area contributed by atoms with E-state index in [1.165, 1.54) is 12.1 Å². The van der Waals surface area contributed by atoms with Crippen LogP contribution in [-0.2, 0) is 6.54 Å². The van der Waals surface area contributed by atoms with Gasteiger partial charge in [0.1, 0.15) is 11.9 Å². The second-order valence-corrected chi connectivity index (χ2v) is 4.23. The van der Waals surface area contributed by atoms with Gasteiger partial charge in [-0.15, -0.1) is 0 Å². The number of rotatable bonds is 2. The van der Waals surface area contributed by atoms with Crippen LogP contribution in [-0.4, -0.2) is 30.6 Å². The van der Waals surface area contributed by atoms with Crippen molar-refractivity contribution in [3.05, 3.63) is 35.1 Å². The molecule has 1 saturated heterocycles. The van der Waals surface area contributed by atoms with Gasteiger partial charge in [-0.2, -0.15) is 10.5 Å². The number of piperazine rings is 1. The molecular formula is C13H13FN4. The highest BCUT2D eigenvalue weighted by Gasteiger charge is 2.22. The summed E-state index contributed by atoms with van der Waals surface area (Å²) in [5.74, 6) is -0.410. The topological polar surface area (TPSA) is 62.9 Å². The highest BCUT2D eigenvalue weighted by Crippen LogP contribution is 2.15. The molecule has 1 aliphatic heterocycles. The van der Waals surface area contributed by atoms with Crippen LogP contribution in [0.4, 0.5) is 4.39 Å². The number of hydrogen-bond donors (Lipinski definition) is 1. The van der Waals surface area contributed by atoms with Crippen LogP contribution in [0.15, 0.2) is 18.2 Å². The van der Waals surface area contributed by atoms with Gasteiger partial charge in [-0.05, 0) is 17.7 Å². The maximum absolute atomic E-state index is 13.0. The van der Waals surface area contributed by atoms with E-state index in [0.29, 0.717) is 18.7 Å². The first-order chi connectivity index (χ1) is 8.74. The summed E-state index contributed by atoms with van der Waals surface area (Å²) in [5, 5.41) is 21.2. The summed E-state index contributed by atoms with van der Waals surface area (Å²) in [5.41, 5.74) is 1.10. The van der Waals surface area contributed by atoms with Crippen molar-refractivity contribution in [3.8, 4) is 12.1 Å². The lowest BCUT2D eigenvalue weighted by Gasteiger charge is -2.32.